The van der Waals surface area contributed by atoms with Crippen LogP contribution in [0.3, 0.4) is 0 Å². The number of rotatable bonds is 7. The first kappa shape index (κ1) is 22.2. The van der Waals surface area contributed by atoms with Crippen LogP contribution >= 0.6 is 24.0 Å². The molecule has 3 heterocycles. The Morgan fingerprint density at radius 2 is 1.74 bits per heavy atom. The molecule has 0 bridgehead atoms. The molecule has 170 valence electrons. The van der Waals surface area contributed by atoms with Gasteiger partial charge in [0.1, 0.15) is 18.3 Å². The summed E-state index contributed by atoms with van der Waals surface area (Å²) in [5.74, 6) is 0.557. The lowest BCUT2D eigenvalue weighted by molar-refractivity contribution is -0.116. The molecule has 1 saturated heterocycles. The fourth-order valence-electron chi connectivity index (χ4n) is 3.91. The van der Waals surface area contributed by atoms with E-state index in [4.69, 9.17) is 16.6 Å². The Morgan fingerprint density at radius 1 is 1.00 bits per heavy atom. The van der Waals surface area contributed by atoms with Crippen molar-refractivity contribution in [3.63, 3.8) is 0 Å². The minimum Gasteiger partial charge on any atom is -0.452 e. The van der Waals surface area contributed by atoms with Gasteiger partial charge >= 0.3 is 0 Å². The number of furan rings is 1. The molecule has 2 atom stereocenters. The van der Waals surface area contributed by atoms with Crippen LogP contribution in [-0.4, -0.2) is 27.4 Å². The van der Waals surface area contributed by atoms with Gasteiger partial charge in [0.2, 0.25) is 5.91 Å². The van der Waals surface area contributed by atoms with E-state index in [2.05, 4.69) is 15.6 Å². The maximum Gasteiger partial charge on any atom is 0.244 e. The number of hydrogen-bond acceptors (Lipinski definition) is 5. The number of hydrogen-bond donors (Lipinski definition) is 2. The van der Waals surface area contributed by atoms with Gasteiger partial charge in [-0.2, -0.15) is 0 Å². The topological polar surface area (TPSA) is 70.4 Å². The van der Waals surface area contributed by atoms with Crippen molar-refractivity contribution in [2.45, 2.75) is 22.1 Å². The minimum absolute atomic E-state index is 0.0799. The summed E-state index contributed by atoms with van der Waals surface area (Å²) in [6.07, 6.45) is 1.75. The Morgan fingerprint density at radius 3 is 2.47 bits per heavy atom. The van der Waals surface area contributed by atoms with Gasteiger partial charge in [-0.1, -0.05) is 54.2 Å². The van der Waals surface area contributed by atoms with Gasteiger partial charge in [-0.15, -0.1) is 0 Å². The fraction of sp³-hybridized carbons (Fsp3) is 0.115. The molecule has 2 aromatic heterocycles. The number of aromatic nitrogens is 1. The molecule has 0 radical (unpaired) electrons. The molecule has 2 aromatic carbocycles. The molecule has 5 rings (SSSR count). The molecular formula is C26H22N4O2S2. The predicted octanol–water partition coefficient (Wildman–Crippen LogP) is 5.44. The van der Waals surface area contributed by atoms with E-state index < -0.39 is 0 Å². The zero-order valence-electron chi connectivity index (χ0n) is 18.1. The number of amides is 1. The molecule has 1 amide bonds. The average molecular weight is 487 g/mol. The van der Waals surface area contributed by atoms with Crippen LogP contribution in [0.25, 0.3) is 0 Å². The van der Waals surface area contributed by atoms with Gasteiger partial charge in [0.15, 0.2) is 10.2 Å². The first-order valence-electron chi connectivity index (χ1n) is 10.8. The number of nitrogens with one attached hydrogen (secondary N) is 2. The number of nitrogens with zero attached hydrogens (tertiary/aromatic N) is 2. The molecule has 8 heteroatoms. The van der Waals surface area contributed by atoms with Crippen LogP contribution in [0.2, 0.25) is 0 Å². The highest BCUT2D eigenvalue weighted by Crippen LogP contribution is 2.41. The van der Waals surface area contributed by atoms with E-state index in [0.29, 0.717) is 10.9 Å². The van der Waals surface area contributed by atoms with E-state index in [1.807, 2.05) is 95.9 Å². The van der Waals surface area contributed by atoms with E-state index in [9.17, 15) is 4.79 Å². The quantitative estimate of drug-likeness (QED) is 0.337. The number of para-hydroxylation sites is 1. The van der Waals surface area contributed by atoms with Crippen LogP contribution in [0.1, 0.15) is 23.5 Å². The second kappa shape index (κ2) is 10.1. The maximum atomic E-state index is 12.9. The third kappa shape index (κ3) is 4.98. The van der Waals surface area contributed by atoms with Crippen LogP contribution in [0.15, 0.2) is 112 Å². The van der Waals surface area contributed by atoms with Crippen molar-refractivity contribution in [1.82, 2.24) is 15.2 Å². The van der Waals surface area contributed by atoms with Crippen LogP contribution in [-0.2, 0) is 4.79 Å². The summed E-state index contributed by atoms with van der Waals surface area (Å²) in [4.78, 5) is 20.4. The Hall–Kier alpha value is -3.62. The van der Waals surface area contributed by atoms with Crippen LogP contribution < -0.4 is 10.6 Å². The fourth-order valence-corrected chi connectivity index (χ4v) is 5.02. The van der Waals surface area contributed by atoms with Crippen LogP contribution in [0, 0.1) is 0 Å². The second-order valence-electron chi connectivity index (χ2n) is 7.74. The number of pyridine rings is 1. The molecule has 2 N–H and O–H groups in total. The van der Waals surface area contributed by atoms with Crippen molar-refractivity contribution >= 4 is 40.7 Å². The number of carbonyl (C=O) groups excluding carboxylic acids is 1. The van der Waals surface area contributed by atoms with Gasteiger partial charge in [-0.25, -0.2) is 0 Å². The normalized spacial score (nSPS) is 17.4. The third-order valence-corrected chi connectivity index (χ3v) is 6.71. The smallest absolute Gasteiger partial charge is 0.244 e. The lowest BCUT2D eigenvalue weighted by atomic mass is 10.0. The third-order valence-electron chi connectivity index (χ3n) is 5.42. The van der Waals surface area contributed by atoms with Crippen LogP contribution in [0.4, 0.5) is 5.69 Å². The molecule has 34 heavy (non-hydrogen) atoms. The zero-order valence-corrected chi connectivity index (χ0v) is 19.8. The number of thiocarbonyl (C=S) groups is 1. The lowest BCUT2D eigenvalue weighted by Crippen LogP contribution is -2.36. The Bertz CT molecular complexity index is 1270. The summed E-state index contributed by atoms with van der Waals surface area (Å²) in [5, 5.41) is 7.54. The Labute approximate surface area is 207 Å². The minimum atomic E-state index is -0.325. The van der Waals surface area contributed by atoms with Gasteiger partial charge in [0, 0.05) is 16.8 Å². The summed E-state index contributed by atoms with van der Waals surface area (Å²) in [7, 11) is 0. The summed E-state index contributed by atoms with van der Waals surface area (Å²) in [5.41, 5.74) is 1.57. The standard InChI is InChI=1S/C26H22N4O2S2/c31-22(28-18-9-3-1-4-10-18)17-30-25(24(29-26(30)33)20-13-7-8-16-27-20)21-14-15-23(32-21)34-19-11-5-2-6-12-19/h1-16,24-25H,17H2,(H,28,31)(H,29,33)/t24-,25+/m1/s1. The molecule has 0 unspecified atom stereocenters. The van der Waals surface area contributed by atoms with Crippen molar-refractivity contribution in [3.05, 3.63) is 109 Å². The second-order valence-corrected chi connectivity index (χ2v) is 9.21. The summed E-state index contributed by atoms with van der Waals surface area (Å²) >= 11 is 7.20. The van der Waals surface area contributed by atoms with Crippen molar-refractivity contribution in [2.24, 2.45) is 0 Å². The molecule has 1 fully saturated rings. The van der Waals surface area contributed by atoms with Crippen molar-refractivity contribution < 1.29 is 9.21 Å². The number of carbonyl (C=O) groups is 1. The van der Waals surface area contributed by atoms with Crippen LogP contribution in [0.5, 0.6) is 0 Å². The first-order valence-corrected chi connectivity index (χ1v) is 12.1. The molecule has 1 aliphatic rings. The first-order chi connectivity index (χ1) is 16.7. The van der Waals surface area contributed by atoms with Gasteiger partial charge in [-0.05, 0) is 60.7 Å². The molecule has 0 aliphatic carbocycles. The Kier molecular flexibility index (Phi) is 6.60. The van der Waals surface area contributed by atoms with E-state index in [-0.39, 0.29) is 24.5 Å². The highest BCUT2D eigenvalue weighted by molar-refractivity contribution is 7.99. The molecule has 1 aliphatic heterocycles. The predicted molar refractivity (Wildman–Crippen MR) is 137 cm³/mol. The van der Waals surface area contributed by atoms with Gasteiger partial charge in [0.25, 0.3) is 0 Å². The van der Waals surface area contributed by atoms with E-state index >= 15 is 0 Å². The van der Waals surface area contributed by atoms with Gasteiger partial charge in [0.05, 0.1) is 11.7 Å². The molecule has 0 saturated carbocycles. The molecule has 4 aromatic rings. The number of anilines is 1. The van der Waals surface area contributed by atoms with Gasteiger partial charge in [-0.3, -0.25) is 9.78 Å². The molecular weight excluding hydrogens is 464 g/mol. The maximum absolute atomic E-state index is 12.9. The number of benzene rings is 2. The average Bonchev–Trinajstić information content (AvgIpc) is 3.45. The van der Waals surface area contributed by atoms with E-state index in [0.717, 1.165) is 21.4 Å². The highest BCUT2D eigenvalue weighted by Gasteiger charge is 2.42. The summed E-state index contributed by atoms with van der Waals surface area (Å²) < 4.78 is 6.26. The SMILES string of the molecule is O=C(CN1C(=S)N[C@H](c2ccccn2)[C@@H]1c1ccc(Sc2ccccc2)o1)Nc1ccccc1. The monoisotopic (exact) mass is 486 g/mol. The van der Waals surface area contributed by atoms with Crippen molar-refractivity contribution in [1.29, 1.82) is 0 Å². The highest BCUT2D eigenvalue weighted by atomic mass is 32.2. The van der Waals surface area contributed by atoms with Gasteiger partial charge < -0.3 is 20.0 Å². The van der Waals surface area contributed by atoms with Crippen molar-refractivity contribution in [3.8, 4) is 0 Å². The van der Waals surface area contributed by atoms with E-state index in [1.54, 1.807) is 18.0 Å². The largest absolute Gasteiger partial charge is 0.452 e. The molecule has 0 spiro atoms. The molecule has 6 nitrogen and oxygen atoms in total. The zero-order chi connectivity index (χ0) is 23.3. The van der Waals surface area contributed by atoms with E-state index in [1.165, 1.54) is 0 Å². The van der Waals surface area contributed by atoms with Crippen molar-refractivity contribution in [2.75, 3.05) is 11.9 Å². The summed E-state index contributed by atoms with van der Waals surface area (Å²) in [6, 6.07) is 28.5. The lowest BCUT2D eigenvalue weighted by Gasteiger charge is -2.25. The summed E-state index contributed by atoms with van der Waals surface area (Å²) in [6.45, 7) is 0.0799. The Balaban J connectivity index is 1.42.